The second-order valence-corrected chi connectivity index (χ2v) is 6.29. The molecular formula is C18H17N3O3. The highest BCUT2D eigenvalue weighted by Gasteiger charge is 2.71. The van der Waals surface area contributed by atoms with Crippen molar-refractivity contribution in [3.8, 4) is 0 Å². The van der Waals surface area contributed by atoms with Crippen LogP contribution in [0.25, 0.3) is 0 Å². The molecule has 3 aliphatic rings. The lowest BCUT2D eigenvalue weighted by Gasteiger charge is -2.37. The molecule has 1 spiro atoms. The van der Waals surface area contributed by atoms with Crippen LogP contribution in [-0.4, -0.2) is 35.2 Å². The zero-order valence-electron chi connectivity index (χ0n) is 13.0. The molecule has 2 fully saturated rings. The summed E-state index contributed by atoms with van der Waals surface area (Å²) < 4.78 is 0. The lowest BCUT2D eigenvalue weighted by molar-refractivity contribution is -0.136. The first kappa shape index (κ1) is 14.8. The SMILES string of the molecule is C=CCN1[C@H](C=C)[C@@H]2C(=O)NC(=O)[C@@H]2[C@@]12C(=O)Nc1ccccc12. The van der Waals surface area contributed by atoms with Crippen molar-refractivity contribution in [2.24, 2.45) is 11.8 Å². The summed E-state index contributed by atoms with van der Waals surface area (Å²) in [5, 5.41) is 5.26. The molecule has 6 heteroatoms. The van der Waals surface area contributed by atoms with Crippen molar-refractivity contribution in [2.45, 2.75) is 11.6 Å². The Morgan fingerprint density at radius 3 is 2.58 bits per heavy atom. The Morgan fingerprint density at radius 1 is 1.12 bits per heavy atom. The van der Waals surface area contributed by atoms with Gasteiger partial charge in [0.25, 0.3) is 5.91 Å². The van der Waals surface area contributed by atoms with Crippen LogP contribution < -0.4 is 10.6 Å². The molecule has 0 bridgehead atoms. The first-order valence-electron chi connectivity index (χ1n) is 7.83. The summed E-state index contributed by atoms with van der Waals surface area (Å²) in [6, 6.07) is 6.88. The van der Waals surface area contributed by atoms with E-state index in [1.54, 1.807) is 18.2 Å². The summed E-state index contributed by atoms with van der Waals surface area (Å²) in [6.45, 7) is 7.97. The fourth-order valence-electron chi connectivity index (χ4n) is 4.54. The van der Waals surface area contributed by atoms with Crippen LogP contribution in [0.15, 0.2) is 49.6 Å². The molecule has 3 amide bonds. The van der Waals surface area contributed by atoms with Gasteiger partial charge in [0, 0.05) is 23.8 Å². The maximum absolute atomic E-state index is 13.1. The quantitative estimate of drug-likeness (QED) is 0.636. The third-order valence-corrected chi connectivity index (χ3v) is 5.32. The summed E-state index contributed by atoms with van der Waals surface area (Å²) in [5.74, 6) is -2.45. The molecule has 1 aromatic rings. The maximum atomic E-state index is 13.1. The number of fused-ring (bicyclic) bond motifs is 4. The number of rotatable bonds is 3. The molecule has 4 atom stereocenters. The Morgan fingerprint density at radius 2 is 1.88 bits per heavy atom. The number of para-hydroxylation sites is 1. The van der Waals surface area contributed by atoms with Crippen LogP contribution >= 0.6 is 0 Å². The zero-order chi connectivity index (χ0) is 17.1. The number of imide groups is 1. The van der Waals surface area contributed by atoms with Crippen LogP contribution in [0.2, 0.25) is 0 Å². The predicted octanol–water partition coefficient (Wildman–Crippen LogP) is 0.779. The van der Waals surface area contributed by atoms with Crippen LogP contribution in [0.1, 0.15) is 5.56 Å². The molecule has 0 aromatic heterocycles. The van der Waals surface area contributed by atoms with Crippen molar-refractivity contribution in [3.63, 3.8) is 0 Å². The highest BCUT2D eigenvalue weighted by atomic mass is 16.2. The highest BCUT2D eigenvalue weighted by molar-refractivity contribution is 6.15. The highest BCUT2D eigenvalue weighted by Crippen LogP contribution is 2.56. The number of anilines is 1. The van der Waals surface area contributed by atoms with Gasteiger partial charge in [-0.25, -0.2) is 0 Å². The fraction of sp³-hybridized carbons (Fsp3) is 0.278. The van der Waals surface area contributed by atoms with E-state index in [9.17, 15) is 14.4 Å². The molecule has 0 radical (unpaired) electrons. The van der Waals surface area contributed by atoms with Crippen molar-refractivity contribution >= 4 is 23.4 Å². The van der Waals surface area contributed by atoms with Gasteiger partial charge in [-0.15, -0.1) is 13.2 Å². The first-order chi connectivity index (χ1) is 11.6. The Labute approximate surface area is 139 Å². The first-order valence-corrected chi connectivity index (χ1v) is 7.83. The van der Waals surface area contributed by atoms with E-state index in [1.165, 1.54) is 0 Å². The van der Waals surface area contributed by atoms with Gasteiger partial charge in [0.1, 0.15) is 5.54 Å². The minimum Gasteiger partial charge on any atom is -0.324 e. The van der Waals surface area contributed by atoms with E-state index in [1.807, 2.05) is 23.1 Å². The monoisotopic (exact) mass is 323 g/mol. The predicted molar refractivity (Wildman–Crippen MR) is 87.8 cm³/mol. The molecule has 4 rings (SSSR count). The summed E-state index contributed by atoms with van der Waals surface area (Å²) >= 11 is 0. The molecule has 3 aliphatic heterocycles. The molecule has 0 aliphatic carbocycles. The number of hydrogen-bond acceptors (Lipinski definition) is 4. The molecule has 2 N–H and O–H groups in total. The van der Waals surface area contributed by atoms with Gasteiger partial charge in [-0.05, 0) is 6.07 Å². The molecule has 0 saturated carbocycles. The summed E-state index contributed by atoms with van der Waals surface area (Å²) in [5.41, 5.74) is 0.179. The minimum atomic E-state index is -1.22. The van der Waals surface area contributed by atoms with E-state index in [4.69, 9.17) is 0 Å². The maximum Gasteiger partial charge on any atom is 0.250 e. The van der Waals surface area contributed by atoms with Gasteiger partial charge in [-0.2, -0.15) is 0 Å². The smallest absolute Gasteiger partial charge is 0.250 e. The molecule has 122 valence electrons. The Balaban J connectivity index is 2.02. The van der Waals surface area contributed by atoms with Crippen LogP contribution in [0, 0.1) is 11.8 Å². The Kier molecular flexibility index (Phi) is 3.02. The number of benzene rings is 1. The van der Waals surface area contributed by atoms with E-state index in [2.05, 4.69) is 23.8 Å². The average Bonchev–Trinajstić information content (AvgIpc) is 3.13. The van der Waals surface area contributed by atoms with Gasteiger partial charge in [-0.1, -0.05) is 30.4 Å². The number of carbonyl (C=O) groups is 3. The van der Waals surface area contributed by atoms with E-state index < -0.39 is 29.3 Å². The van der Waals surface area contributed by atoms with Crippen molar-refractivity contribution < 1.29 is 14.4 Å². The number of amides is 3. The van der Waals surface area contributed by atoms with Gasteiger partial charge in [0.2, 0.25) is 11.8 Å². The van der Waals surface area contributed by atoms with Gasteiger partial charge in [0.15, 0.2) is 0 Å². The standard InChI is InChI=1S/C18H17N3O3/c1-3-9-21-12(4-2)13-14(16(23)20-15(13)22)18(21)10-7-5-6-8-11(10)19-17(18)24/h3-8,12-14H,1-2,9H2,(H,19,24)(H,20,22,23)/t12-,13+,14-,18+/m1/s1. The topological polar surface area (TPSA) is 78.5 Å². The third kappa shape index (κ3) is 1.51. The molecular weight excluding hydrogens is 306 g/mol. The second kappa shape index (κ2) is 4.88. The van der Waals surface area contributed by atoms with Crippen LogP contribution in [0.5, 0.6) is 0 Å². The van der Waals surface area contributed by atoms with Gasteiger partial charge in [0.05, 0.1) is 11.8 Å². The third-order valence-electron chi connectivity index (χ3n) is 5.32. The number of hydrogen-bond donors (Lipinski definition) is 2. The van der Waals surface area contributed by atoms with Crippen LogP contribution in [-0.2, 0) is 19.9 Å². The fourth-order valence-corrected chi connectivity index (χ4v) is 4.54. The van der Waals surface area contributed by atoms with E-state index in [0.29, 0.717) is 12.2 Å². The summed E-state index contributed by atoms with van der Waals surface area (Å²) in [4.78, 5) is 39.9. The molecule has 2 saturated heterocycles. The molecule has 0 unspecified atom stereocenters. The van der Waals surface area contributed by atoms with Gasteiger partial charge < -0.3 is 5.32 Å². The number of likely N-dealkylation sites (tertiary alicyclic amines) is 1. The average molecular weight is 323 g/mol. The van der Waals surface area contributed by atoms with Gasteiger partial charge >= 0.3 is 0 Å². The van der Waals surface area contributed by atoms with Crippen molar-refractivity contribution in [3.05, 3.63) is 55.1 Å². The molecule has 3 heterocycles. The summed E-state index contributed by atoms with van der Waals surface area (Å²) in [7, 11) is 0. The number of nitrogens with zero attached hydrogens (tertiary/aromatic N) is 1. The largest absolute Gasteiger partial charge is 0.324 e. The Hall–Kier alpha value is -2.73. The molecule has 6 nitrogen and oxygen atoms in total. The molecule has 1 aromatic carbocycles. The van der Waals surface area contributed by atoms with Gasteiger partial charge in [-0.3, -0.25) is 24.6 Å². The Bertz CT molecular complexity index is 802. The van der Waals surface area contributed by atoms with Crippen molar-refractivity contribution in [2.75, 3.05) is 11.9 Å². The molecule has 24 heavy (non-hydrogen) atoms. The van der Waals surface area contributed by atoms with Crippen LogP contribution in [0.3, 0.4) is 0 Å². The minimum absolute atomic E-state index is 0.283. The van der Waals surface area contributed by atoms with Crippen molar-refractivity contribution in [1.82, 2.24) is 10.2 Å². The number of carbonyl (C=O) groups excluding carboxylic acids is 3. The number of nitrogens with one attached hydrogen (secondary N) is 2. The lowest BCUT2D eigenvalue weighted by atomic mass is 9.76. The van der Waals surface area contributed by atoms with E-state index in [-0.39, 0.29) is 11.8 Å². The second-order valence-electron chi connectivity index (χ2n) is 6.29. The van der Waals surface area contributed by atoms with E-state index in [0.717, 1.165) is 5.56 Å². The zero-order valence-corrected chi connectivity index (χ0v) is 13.0. The normalized spacial score (nSPS) is 34.0. The van der Waals surface area contributed by atoms with Crippen LogP contribution in [0.4, 0.5) is 5.69 Å². The summed E-state index contributed by atoms with van der Waals surface area (Å²) in [6.07, 6.45) is 3.32. The van der Waals surface area contributed by atoms with Crippen molar-refractivity contribution in [1.29, 1.82) is 0 Å². The van der Waals surface area contributed by atoms with E-state index >= 15 is 0 Å². The lowest BCUT2D eigenvalue weighted by Crippen LogP contribution is -2.54.